The number of carbonyl (C=O) groups excluding carboxylic acids is 1. The van der Waals surface area contributed by atoms with E-state index in [1.807, 2.05) is 53.9 Å². The minimum absolute atomic E-state index is 0.258. The van der Waals surface area contributed by atoms with Gasteiger partial charge in [0.05, 0.1) is 10.7 Å². The molecule has 0 bridgehead atoms. The summed E-state index contributed by atoms with van der Waals surface area (Å²) in [7, 11) is 2.14. The van der Waals surface area contributed by atoms with Crippen molar-refractivity contribution in [1.29, 1.82) is 0 Å². The second-order valence-corrected chi connectivity index (χ2v) is 7.65. The van der Waals surface area contributed by atoms with Crippen LogP contribution in [-0.2, 0) is 0 Å². The standard InChI is InChI=1S/C20H22N6OS/c1-25-10-12-26(13-11-25)18-9-8-17(23-24-18)15-4-6-16(7-5-15)21-20(27)22-19-3-2-14-28-19/h2-9,14H,10-13H2,1H3,(H2,21,22,27). The maximum Gasteiger partial charge on any atom is 0.324 e. The highest BCUT2D eigenvalue weighted by molar-refractivity contribution is 7.14. The molecule has 0 saturated carbocycles. The van der Waals surface area contributed by atoms with E-state index in [0.717, 1.165) is 53.9 Å². The van der Waals surface area contributed by atoms with Crippen LogP contribution >= 0.6 is 11.3 Å². The Bertz CT molecular complexity index is 903. The molecule has 2 N–H and O–H groups in total. The molecule has 8 heteroatoms. The van der Waals surface area contributed by atoms with Crippen molar-refractivity contribution in [1.82, 2.24) is 15.1 Å². The summed E-state index contributed by atoms with van der Waals surface area (Å²) in [6.45, 7) is 4.02. The Balaban J connectivity index is 1.37. The first-order valence-electron chi connectivity index (χ1n) is 9.16. The van der Waals surface area contributed by atoms with E-state index in [9.17, 15) is 4.79 Å². The molecule has 3 aromatic rings. The van der Waals surface area contributed by atoms with Gasteiger partial charge in [-0.3, -0.25) is 5.32 Å². The molecule has 4 rings (SSSR count). The number of aromatic nitrogens is 2. The first-order valence-corrected chi connectivity index (χ1v) is 10.0. The fourth-order valence-electron chi connectivity index (χ4n) is 3.03. The smallest absolute Gasteiger partial charge is 0.324 e. The van der Waals surface area contributed by atoms with Crippen LogP contribution in [0.1, 0.15) is 0 Å². The van der Waals surface area contributed by atoms with Gasteiger partial charge in [0.2, 0.25) is 0 Å². The number of likely N-dealkylation sites (N-methyl/N-ethyl adjacent to an activating group) is 1. The van der Waals surface area contributed by atoms with E-state index >= 15 is 0 Å². The second-order valence-electron chi connectivity index (χ2n) is 6.70. The van der Waals surface area contributed by atoms with Gasteiger partial charge in [-0.1, -0.05) is 12.1 Å². The normalized spacial score (nSPS) is 14.7. The van der Waals surface area contributed by atoms with Gasteiger partial charge in [0, 0.05) is 37.4 Å². The highest BCUT2D eigenvalue weighted by Gasteiger charge is 2.15. The zero-order valence-corrected chi connectivity index (χ0v) is 16.4. The Labute approximate surface area is 168 Å². The number of rotatable bonds is 4. The Kier molecular flexibility index (Phi) is 5.50. The SMILES string of the molecule is CN1CCN(c2ccc(-c3ccc(NC(=O)Nc4cccs4)cc3)nn2)CC1. The summed E-state index contributed by atoms with van der Waals surface area (Å²) >= 11 is 1.48. The van der Waals surface area contributed by atoms with Crippen molar-refractivity contribution in [2.24, 2.45) is 0 Å². The van der Waals surface area contributed by atoms with Crippen LogP contribution in [0.15, 0.2) is 53.9 Å². The maximum atomic E-state index is 12.0. The van der Waals surface area contributed by atoms with Crippen LogP contribution in [0.5, 0.6) is 0 Å². The number of hydrogen-bond donors (Lipinski definition) is 2. The molecule has 28 heavy (non-hydrogen) atoms. The number of amides is 2. The van der Waals surface area contributed by atoms with Crippen LogP contribution < -0.4 is 15.5 Å². The number of benzene rings is 1. The van der Waals surface area contributed by atoms with Gasteiger partial charge in [-0.05, 0) is 48.8 Å². The molecule has 1 saturated heterocycles. The maximum absolute atomic E-state index is 12.0. The Morgan fingerprint density at radius 1 is 0.964 bits per heavy atom. The van der Waals surface area contributed by atoms with Crippen molar-refractivity contribution in [3.05, 3.63) is 53.9 Å². The summed E-state index contributed by atoms with van der Waals surface area (Å²) in [6, 6.07) is 15.1. The predicted octanol–water partition coefficient (Wildman–Crippen LogP) is 3.60. The molecule has 1 aliphatic heterocycles. The molecule has 1 aliphatic rings. The first kappa shape index (κ1) is 18.4. The van der Waals surface area contributed by atoms with Crippen LogP contribution in [0.25, 0.3) is 11.3 Å². The summed E-state index contributed by atoms with van der Waals surface area (Å²) < 4.78 is 0. The molecule has 2 aromatic heterocycles. The molecule has 0 radical (unpaired) electrons. The number of anilines is 3. The number of carbonyl (C=O) groups is 1. The fraction of sp³-hybridized carbons (Fsp3) is 0.250. The zero-order chi connectivity index (χ0) is 19.3. The third-order valence-corrected chi connectivity index (χ3v) is 5.46. The lowest BCUT2D eigenvalue weighted by Crippen LogP contribution is -2.44. The van der Waals surface area contributed by atoms with Crippen molar-refractivity contribution in [2.75, 3.05) is 48.8 Å². The van der Waals surface area contributed by atoms with E-state index in [1.165, 1.54) is 11.3 Å². The van der Waals surface area contributed by atoms with Crippen molar-refractivity contribution < 1.29 is 4.79 Å². The molecular weight excluding hydrogens is 372 g/mol. The summed E-state index contributed by atoms with van der Waals surface area (Å²) in [5, 5.41) is 17.1. The van der Waals surface area contributed by atoms with Crippen molar-refractivity contribution in [2.45, 2.75) is 0 Å². The van der Waals surface area contributed by atoms with Gasteiger partial charge >= 0.3 is 6.03 Å². The summed E-state index contributed by atoms with van der Waals surface area (Å²) in [4.78, 5) is 16.6. The third kappa shape index (κ3) is 4.47. The van der Waals surface area contributed by atoms with E-state index in [4.69, 9.17) is 0 Å². The highest BCUT2D eigenvalue weighted by Crippen LogP contribution is 2.22. The molecule has 7 nitrogen and oxygen atoms in total. The van der Waals surface area contributed by atoms with E-state index in [0.29, 0.717) is 0 Å². The molecule has 0 unspecified atom stereocenters. The molecular formula is C20H22N6OS. The van der Waals surface area contributed by atoms with Gasteiger partial charge in [-0.2, -0.15) is 0 Å². The topological polar surface area (TPSA) is 73.4 Å². The van der Waals surface area contributed by atoms with Crippen LogP contribution in [0.2, 0.25) is 0 Å². The number of hydrogen-bond acceptors (Lipinski definition) is 6. The largest absolute Gasteiger partial charge is 0.353 e. The van der Waals surface area contributed by atoms with Crippen molar-refractivity contribution in [3.8, 4) is 11.3 Å². The number of piperazine rings is 1. The molecule has 2 amide bonds. The predicted molar refractivity (Wildman–Crippen MR) is 114 cm³/mol. The van der Waals surface area contributed by atoms with Crippen molar-refractivity contribution >= 4 is 33.9 Å². The lowest BCUT2D eigenvalue weighted by atomic mass is 10.1. The number of nitrogens with zero attached hydrogens (tertiary/aromatic N) is 4. The summed E-state index contributed by atoms with van der Waals surface area (Å²) in [6.07, 6.45) is 0. The van der Waals surface area contributed by atoms with E-state index in [1.54, 1.807) is 0 Å². The van der Waals surface area contributed by atoms with Gasteiger partial charge in [-0.25, -0.2) is 4.79 Å². The lowest BCUT2D eigenvalue weighted by Gasteiger charge is -2.32. The van der Waals surface area contributed by atoms with Crippen LogP contribution in [0.4, 0.5) is 21.3 Å². The van der Waals surface area contributed by atoms with Gasteiger partial charge in [-0.15, -0.1) is 21.5 Å². The Morgan fingerprint density at radius 3 is 2.39 bits per heavy atom. The number of thiophene rings is 1. The van der Waals surface area contributed by atoms with Crippen molar-refractivity contribution in [3.63, 3.8) is 0 Å². The Hall–Kier alpha value is -2.97. The van der Waals surface area contributed by atoms with Crippen LogP contribution in [0.3, 0.4) is 0 Å². The second kappa shape index (κ2) is 8.37. The summed E-state index contributed by atoms with van der Waals surface area (Å²) in [5.41, 5.74) is 2.49. The minimum Gasteiger partial charge on any atom is -0.353 e. The average molecular weight is 395 g/mol. The molecule has 1 fully saturated rings. The number of nitrogens with one attached hydrogen (secondary N) is 2. The number of urea groups is 1. The van der Waals surface area contributed by atoms with E-state index in [-0.39, 0.29) is 6.03 Å². The zero-order valence-electron chi connectivity index (χ0n) is 15.6. The van der Waals surface area contributed by atoms with E-state index < -0.39 is 0 Å². The quantitative estimate of drug-likeness (QED) is 0.707. The molecule has 0 aliphatic carbocycles. The van der Waals surface area contributed by atoms with Gasteiger partial charge < -0.3 is 15.1 Å². The van der Waals surface area contributed by atoms with Crippen LogP contribution in [0, 0.1) is 0 Å². The average Bonchev–Trinajstić information content (AvgIpc) is 3.22. The van der Waals surface area contributed by atoms with Gasteiger partial charge in [0.25, 0.3) is 0 Å². The molecule has 1 aromatic carbocycles. The Morgan fingerprint density at radius 2 is 1.75 bits per heavy atom. The lowest BCUT2D eigenvalue weighted by molar-refractivity contribution is 0.262. The third-order valence-electron chi connectivity index (χ3n) is 4.67. The van der Waals surface area contributed by atoms with Gasteiger partial charge in [0.15, 0.2) is 5.82 Å². The van der Waals surface area contributed by atoms with E-state index in [2.05, 4.69) is 37.7 Å². The molecule has 0 atom stereocenters. The first-order chi connectivity index (χ1) is 13.7. The van der Waals surface area contributed by atoms with Crippen LogP contribution in [-0.4, -0.2) is 54.4 Å². The summed E-state index contributed by atoms with van der Waals surface area (Å²) in [5.74, 6) is 0.917. The molecule has 0 spiro atoms. The monoisotopic (exact) mass is 394 g/mol. The minimum atomic E-state index is -0.258. The molecule has 3 heterocycles. The molecule has 144 valence electrons. The highest BCUT2D eigenvalue weighted by atomic mass is 32.1. The van der Waals surface area contributed by atoms with Gasteiger partial charge in [0.1, 0.15) is 0 Å². The fourth-order valence-corrected chi connectivity index (χ4v) is 3.64.